The molecule has 0 spiro atoms. The molecule has 110 valence electrons. The van der Waals surface area contributed by atoms with Crippen LogP contribution in [0.3, 0.4) is 0 Å². The van der Waals surface area contributed by atoms with Gasteiger partial charge in [0.1, 0.15) is 0 Å². The Labute approximate surface area is 120 Å². The van der Waals surface area contributed by atoms with Crippen LogP contribution in [0.4, 0.5) is 5.82 Å². The molecule has 2 N–H and O–H groups in total. The molecule has 1 aliphatic heterocycles. The summed E-state index contributed by atoms with van der Waals surface area (Å²) in [5, 5.41) is 8.03. The number of nitrogens with zero attached hydrogens (tertiary/aromatic N) is 4. The standard InChI is InChI=1S/C14H23N5O/c1-2-5-12(15)14(20)19-9-4-8-18(10-11-19)13-6-3-7-16-17-13/h3,6-7,12H,2,4-5,8-11,15H2,1H3. The Bertz CT molecular complexity index is 425. The highest BCUT2D eigenvalue weighted by Gasteiger charge is 2.23. The molecule has 20 heavy (non-hydrogen) atoms. The van der Waals surface area contributed by atoms with Gasteiger partial charge < -0.3 is 15.5 Å². The predicted molar refractivity (Wildman–Crippen MR) is 78.3 cm³/mol. The molecule has 1 aromatic heterocycles. The van der Waals surface area contributed by atoms with E-state index in [4.69, 9.17) is 5.73 Å². The summed E-state index contributed by atoms with van der Waals surface area (Å²) in [6, 6.07) is 3.48. The number of carbonyl (C=O) groups excluding carboxylic acids is 1. The molecule has 1 amide bonds. The highest BCUT2D eigenvalue weighted by molar-refractivity contribution is 5.81. The van der Waals surface area contributed by atoms with Gasteiger partial charge >= 0.3 is 0 Å². The highest BCUT2D eigenvalue weighted by atomic mass is 16.2. The van der Waals surface area contributed by atoms with Crippen LogP contribution in [0.25, 0.3) is 0 Å². The molecule has 0 aliphatic carbocycles. The number of carbonyl (C=O) groups is 1. The molecule has 2 heterocycles. The predicted octanol–water partition coefficient (Wildman–Crippen LogP) is 0.643. The van der Waals surface area contributed by atoms with Crippen molar-refractivity contribution in [1.82, 2.24) is 15.1 Å². The lowest BCUT2D eigenvalue weighted by Crippen LogP contribution is -2.45. The first kappa shape index (κ1) is 14.7. The van der Waals surface area contributed by atoms with E-state index in [1.165, 1.54) is 0 Å². The van der Waals surface area contributed by atoms with Gasteiger partial charge in [0.25, 0.3) is 0 Å². The first-order valence-electron chi connectivity index (χ1n) is 7.29. The molecule has 6 nitrogen and oxygen atoms in total. The van der Waals surface area contributed by atoms with Crippen molar-refractivity contribution in [3.8, 4) is 0 Å². The monoisotopic (exact) mass is 277 g/mol. The van der Waals surface area contributed by atoms with Crippen molar-refractivity contribution in [2.24, 2.45) is 5.73 Å². The Balaban J connectivity index is 1.94. The highest BCUT2D eigenvalue weighted by Crippen LogP contribution is 2.13. The fourth-order valence-corrected chi connectivity index (χ4v) is 2.50. The largest absolute Gasteiger partial charge is 0.353 e. The van der Waals surface area contributed by atoms with Crippen LogP contribution in [-0.2, 0) is 4.79 Å². The number of hydrogen-bond donors (Lipinski definition) is 1. The second-order valence-corrected chi connectivity index (χ2v) is 5.14. The molecule has 1 saturated heterocycles. The normalized spacial score (nSPS) is 17.7. The third-order valence-electron chi connectivity index (χ3n) is 3.61. The van der Waals surface area contributed by atoms with Crippen molar-refractivity contribution in [3.05, 3.63) is 18.3 Å². The van der Waals surface area contributed by atoms with Crippen LogP contribution in [-0.4, -0.2) is 53.2 Å². The van der Waals surface area contributed by atoms with Gasteiger partial charge in [-0.05, 0) is 25.0 Å². The SMILES string of the molecule is CCCC(N)C(=O)N1CCCN(c2cccnn2)CC1. The van der Waals surface area contributed by atoms with E-state index in [1.54, 1.807) is 6.20 Å². The van der Waals surface area contributed by atoms with Crippen molar-refractivity contribution >= 4 is 11.7 Å². The number of hydrogen-bond acceptors (Lipinski definition) is 5. The summed E-state index contributed by atoms with van der Waals surface area (Å²) >= 11 is 0. The van der Waals surface area contributed by atoms with Crippen molar-refractivity contribution in [1.29, 1.82) is 0 Å². The molecule has 1 atom stereocenters. The minimum Gasteiger partial charge on any atom is -0.353 e. The second kappa shape index (κ2) is 7.19. The number of anilines is 1. The zero-order chi connectivity index (χ0) is 14.4. The molecule has 1 aliphatic rings. The first-order chi connectivity index (χ1) is 9.72. The van der Waals surface area contributed by atoms with E-state index in [2.05, 4.69) is 15.1 Å². The lowest BCUT2D eigenvalue weighted by molar-refractivity contribution is -0.132. The van der Waals surface area contributed by atoms with Gasteiger partial charge in [-0.3, -0.25) is 4.79 Å². The van der Waals surface area contributed by atoms with Gasteiger partial charge in [0.15, 0.2) is 5.82 Å². The minimum atomic E-state index is -0.358. The van der Waals surface area contributed by atoms with Crippen LogP contribution in [0, 0.1) is 0 Å². The van der Waals surface area contributed by atoms with Crippen LogP contribution in [0.2, 0.25) is 0 Å². The molecule has 1 aromatic rings. The molecule has 0 bridgehead atoms. The Kier molecular flexibility index (Phi) is 5.29. The van der Waals surface area contributed by atoms with Gasteiger partial charge in [-0.1, -0.05) is 13.3 Å². The number of amides is 1. The number of aromatic nitrogens is 2. The summed E-state index contributed by atoms with van der Waals surface area (Å²) in [5.74, 6) is 0.951. The van der Waals surface area contributed by atoms with Gasteiger partial charge in [-0.25, -0.2) is 0 Å². The van der Waals surface area contributed by atoms with Crippen molar-refractivity contribution in [2.45, 2.75) is 32.2 Å². The number of nitrogens with two attached hydrogens (primary N) is 1. The van der Waals surface area contributed by atoms with E-state index >= 15 is 0 Å². The van der Waals surface area contributed by atoms with Gasteiger partial charge in [0.05, 0.1) is 6.04 Å². The smallest absolute Gasteiger partial charge is 0.239 e. The molecule has 2 rings (SSSR count). The van der Waals surface area contributed by atoms with Crippen LogP contribution in [0.1, 0.15) is 26.2 Å². The molecule has 0 radical (unpaired) electrons. The van der Waals surface area contributed by atoms with E-state index in [1.807, 2.05) is 24.0 Å². The second-order valence-electron chi connectivity index (χ2n) is 5.14. The van der Waals surface area contributed by atoms with E-state index in [0.717, 1.165) is 44.7 Å². The molecule has 1 unspecified atom stereocenters. The van der Waals surface area contributed by atoms with Crippen molar-refractivity contribution in [2.75, 3.05) is 31.1 Å². The maximum absolute atomic E-state index is 12.2. The molecule has 1 fully saturated rings. The lowest BCUT2D eigenvalue weighted by Gasteiger charge is -2.24. The third kappa shape index (κ3) is 3.66. The first-order valence-corrected chi connectivity index (χ1v) is 7.29. The Morgan fingerprint density at radius 2 is 2.25 bits per heavy atom. The molecule has 0 saturated carbocycles. The maximum atomic E-state index is 12.2. The third-order valence-corrected chi connectivity index (χ3v) is 3.61. The van der Waals surface area contributed by atoms with Crippen LogP contribution in [0.15, 0.2) is 18.3 Å². The van der Waals surface area contributed by atoms with Crippen LogP contribution >= 0.6 is 0 Å². The minimum absolute atomic E-state index is 0.0767. The summed E-state index contributed by atoms with van der Waals surface area (Å²) in [5.41, 5.74) is 5.93. The zero-order valence-corrected chi connectivity index (χ0v) is 12.0. The van der Waals surface area contributed by atoms with Gasteiger partial charge in [0, 0.05) is 32.4 Å². The Hall–Kier alpha value is -1.69. The average Bonchev–Trinajstić information content (AvgIpc) is 2.73. The summed E-state index contributed by atoms with van der Waals surface area (Å²) in [7, 11) is 0. The Morgan fingerprint density at radius 1 is 1.40 bits per heavy atom. The van der Waals surface area contributed by atoms with Gasteiger partial charge in [-0.15, -0.1) is 5.10 Å². The van der Waals surface area contributed by atoms with Crippen molar-refractivity contribution in [3.63, 3.8) is 0 Å². The van der Waals surface area contributed by atoms with Gasteiger partial charge in [-0.2, -0.15) is 5.10 Å². The zero-order valence-electron chi connectivity index (χ0n) is 12.0. The lowest BCUT2D eigenvalue weighted by atomic mass is 10.1. The van der Waals surface area contributed by atoms with Crippen LogP contribution in [0.5, 0.6) is 0 Å². The average molecular weight is 277 g/mol. The summed E-state index contributed by atoms with van der Waals surface area (Å²) in [6.07, 6.45) is 4.29. The van der Waals surface area contributed by atoms with E-state index in [9.17, 15) is 4.79 Å². The van der Waals surface area contributed by atoms with E-state index < -0.39 is 0 Å². The maximum Gasteiger partial charge on any atom is 0.239 e. The molecular weight excluding hydrogens is 254 g/mol. The molecular formula is C14H23N5O. The molecule has 6 heteroatoms. The van der Waals surface area contributed by atoms with E-state index in [-0.39, 0.29) is 11.9 Å². The quantitative estimate of drug-likeness (QED) is 0.874. The number of rotatable bonds is 4. The molecule has 0 aromatic carbocycles. The van der Waals surface area contributed by atoms with Gasteiger partial charge in [0.2, 0.25) is 5.91 Å². The van der Waals surface area contributed by atoms with Crippen LogP contribution < -0.4 is 10.6 Å². The fourth-order valence-electron chi connectivity index (χ4n) is 2.50. The fraction of sp³-hybridized carbons (Fsp3) is 0.643. The summed E-state index contributed by atoms with van der Waals surface area (Å²) < 4.78 is 0. The topological polar surface area (TPSA) is 75.4 Å². The summed E-state index contributed by atoms with van der Waals surface area (Å²) in [6.45, 7) is 5.19. The summed E-state index contributed by atoms with van der Waals surface area (Å²) in [4.78, 5) is 16.3. The van der Waals surface area contributed by atoms with Crippen molar-refractivity contribution < 1.29 is 4.79 Å². The van der Waals surface area contributed by atoms with E-state index in [0.29, 0.717) is 6.54 Å². The Morgan fingerprint density at radius 3 is 2.95 bits per heavy atom.